The van der Waals surface area contributed by atoms with E-state index in [1.807, 2.05) is 0 Å². The van der Waals surface area contributed by atoms with Gasteiger partial charge in [-0.3, -0.25) is 0 Å². The first-order valence-electron chi connectivity index (χ1n) is 7.88. The lowest BCUT2D eigenvalue weighted by Crippen LogP contribution is -2.22. The van der Waals surface area contributed by atoms with E-state index in [9.17, 15) is 22.0 Å². The molecule has 0 atom stereocenters. The monoisotopic (exact) mass is 370 g/mol. The fourth-order valence-electron chi connectivity index (χ4n) is 2.41. The number of rotatable bonds is 6. The number of hydrogen-bond donors (Lipinski definition) is 2. The molecule has 140 valence electrons. The lowest BCUT2D eigenvalue weighted by molar-refractivity contribution is -0.0958. The van der Waals surface area contributed by atoms with Crippen molar-refractivity contribution in [3.8, 4) is 0 Å². The molecule has 7 heteroatoms. The van der Waals surface area contributed by atoms with Gasteiger partial charge in [-0.1, -0.05) is 19.2 Å². The Morgan fingerprint density at radius 1 is 1.12 bits per heavy atom. The van der Waals surface area contributed by atoms with Gasteiger partial charge in [0.05, 0.1) is 17.0 Å². The van der Waals surface area contributed by atoms with Gasteiger partial charge in [0.2, 0.25) is 0 Å². The van der Waals surface area contributed by atoms with Crippen LogP contribution in [0.15, 0.2) is 65.8 Å². The van der Waals surface area contributed by atoms with Crippen molar-refractivity contribution < 1.29 is 22.0 Å². The van der Waals surface area contributed by atoms with E-state index in [0.717, 1.165) is 6.08 Å². The van der Waals surface area contributed by atoms with E-state index in [0.29, 0.717) is 28.2 Å². The molecule has 0 bridgehead atoms. The van der Waals surface area contributed by atoms with Gasteiger partial charge in [0.1, 0.15) is 11.6 Å². The van der Waals surface area contributed by atoms with E-state index in [2.05, 4.69) is 23.8 Å². The predicted octanol–water partition coefficient (Wildman–Crippen LogP) is 5.67. The topological polar surface area (TPSA) is 24.1 Å². The molecule has 2 rings (SSSR count). The molecule has 26 heavy (non-hydrogen) atoms. The van der Waals surface area contributed by atoms with Gasteiger partial charge in [-0.15, -0.1) is 0 Å². The Labute approximate surface area is 148 Å². The molecule has 1 aromatic carbocycles. The summed E-state index contributed by atoms with van der Waals surface area (Å²) in [5.41, 5.74) is 1.10. The van der Waals surface area contributed by atoms with Gasteiger partial charge in [0.25, 0.3) is 0 Å². The Balaban J connectivity index is 1.93. The molecular formula is C19H19F5N2. The van der Waals surface area contributed by atoms with Gasteiger partial charge < -0.3 is 10.6 Å². The Kier molecular flexibility index (Phi) is 5.90. The standard InChI is InChI=1S/C19H19F5N2/c1-11-4-6-15(9-17(11)20)26-13(3)12(2)25-10-14-5-7-16(18(21)8-14)19(22,23)24/h4,6,8-9,25-26H,2-3,5,7,10H2,1H3. The van der Waals surface area contributed by atoms with E-state index < -0.39 is 24.0 Å². The molecule has 1 aliphatic rings. The van der Waals surface area contributed by atoms with Gasteiger partial charge in [-0.25, -0.2) is 8.78 Å². The highest BCUT2D eigenvalue weighted by Crippen LogP contribution is 2.36. The smallest absolute Gasteiger partial charge is 0.380 e. The first-order chi connectivity index (χ1) is 12.1. The molecular weight excluding hydrogens is 351 g/mol. The third kappa shape index (κ3) is 4.97. The zero-order chi connectivity index (χ0) is 19.5. The first-order valence-corrected chi connectivity index (χ1v) is 7.88. The Bertz CT molecular complexity index is 788. The molecule has 0 saturated carbocycles. The van der Waals surface area contributed by atoms with Crippen LogP contribution in [0.3, 0.4) is 0 Å². The average molecular weight is 370 g/mol. The Morgan fingerprint density at radius 2 is 1.81 bits per heavy atom. The summed E-state index contributed by atoms with van der Waals surface area (Å²) in [7, 11) is 0. The zero-order valence-electron chi connectivity index (χ0n) is 14.2. The number of hydrogen-bond acceptors (Lipinski definition) is 2. The second-order valence-corrected chi connectivity index (χ2v) is 6.03. The van der Waals surface area contributed by atoms with Crippen LogP contribution in [-0.2, 0) is 0 Å². The van der Waals surface area contributed by atoms with Crippen molar-refractivity contribution in [2.75, 3.05) is 11.9 Å². The number of nitrogens with one attached hydrogen (secondary N) is 2. The van der Waals surface area contributed by atoms with Crippen LogP contribution < -0.4 is 10.6 Å². The number of aryl methyl sites for hydroxylation is 1. The molecule has 0 spiro atoms. The van der Waals surface area contributed by atoms with Crippen molar-refractivity contribution in [2.45, 2.75) is 25.9 Å². The van der Waals surface area contributed by atoms with E-state index in [1.54, 1.807) is 19.1 Å². The van der Waals surface area contributed by atoms with Crippen molar-refractivity contribution in [3.63, 3.8) is 0 Å². The molecule has 1 aromatic rings. The van der Waals surface area contributed by atoms with Crippen molar-refractivity contribution in [1.29, 1.82) is 0 Å². The van der Waals surface area contributed by atoms with Crippen molar-refractivity contribution >= 4 is 5.69 Å². The normalized spacial score (nSPS) is 14.8. The molecule has 0 amide bonds. The quantitative estimate of drug-likeness (QED) is 0.498. The predicted molar refractivity (Wildman–Crippen MR) is 92.5 cm³/mol. The van der Waals surface area contributed by atoms with Crippen LogP contribution in [0.5, 0.6) is 0 Å². The fraction of sp³-hybridized carbons (Fsp3) is 0.263. The Morgan fingerprint density at radius 3 is 2.38 bits per heavy atom. The van der Waals surface area contributed by atoms with E-state index >= 15 is 0 Å². The molecule has 1 aliphatic carbocycles. The lowest BCUT2D eigenvalue weighted by atomic mass is 9.97. The molecule has 2 nitrogen and oxygen atoms in total. The Hall–Kier alpha value is -2.57. The molecule has 0 aromatic heterocycles. The van der Waals surface area contributed by atoms with Gasteiger partial charge >= 0.3 is 6.18 Å². The number of halogens is 5. The lowest BCUT2D eigenvalue weighted by Gasteiger charge is -2.20. The summed E-state index contributed by atoms with van der Waals surface area (Å²) >= 11 is 0. The second kappa shape index (κ2) is 7.76. The number of alkyl halides is 3. The third-order valence-corrected chi connectivity index (χ3v) is 4.02. The summed E-state index contributed by atoms with van der Waals surface area (Å²) in [6.07, 6.45) is -4.04. The van der Waals surface area contributed by atoms with Crippen molar-refractivity contribution in [2.24, 2.45) is 0 Å². The summed E-state index contributed by atoms with van der Waals surface area (Å²) < 4.78 is 64.9. The minimum atomic E-state index is -4.65. The van der Waals surface area contributed by atoms with Crippen LogP contribution in [-0.4, -0.2) is 12.7 Å². The average Bonchev–Trinajstić information content (AvgIpc) is 2.54. The van der Waals surface area contributed by atoms with Gasteiger partial charge in [0, 0.05) is 12.2 Å². The maximum atomic E-state index is 13.6. The maximum Gasteiger partial charge on any atom is 0.415 e. The summed E-state index contributed by atoms with van der Waals surface area (Å²) in [6.45, 7) is 9.33. The molecule has 0 radical (unpaired) electrons. The van der Waals surface area contributed by atoms with Crippen molar-refractivity contribution in [1.82, 2.24) is 5.32 Å². The second-order valence-electron chi connectivity index (χ2n) is 6.03. The maximum absolute atomic E-state index is 13.6. The largest absolute Gasteiger partial charge is 0.415 e. The summed E-state index contributed by atoms with van der Waals surface area (Å²) in [5, 5.41) is 5.77. The zero-order valence-corrected chi connectivity index (χ0v) is 14.2. The third-order valence-electron chi connectivity index (χ3n) is 4.02. The van der Waals surface area contributed by atoms with E-state index in [-0.39, 0.29) is 18.8 Å². The molecule has 0 unspecified atom stereocenters. The molecule has 0 heterocycles. The van der Waals surface area contributed by atoms with Crippen molar-refractivity contribution in [3.05, 3.63) is 77.2 Å². The first kappa shape index (κ1) is 19.8. The summed E-state index contributed by atoms with van der Waals surface area (Å²) in [4.78, 5) is 0. The molecule has 0 aliphatic heterocycles. The van der Waals surface area contributed by atoms with Gasteiger partial charge in [0.15, 0.2) is 0 Å². The van der Waals surface area contributed by atoms with Crippen LogP contribution in [0, 0.1) is 12.7 Å². The van der Waals surface area contributed by atoms with Crippen LogP contribution in [0.4, 0.5) is 27.6 Å². The molecule has 2 N–H and O–H groups in total. The van der Waals surface area contributed by atoms with Crippen LogP contribution in [0.1, 0.15) is 18.4 Å². The highest BCUT2D eigenvalue weighted by atomic mass is 19.4. The van der Waals surface area contributed by atoms with Crippen LogP contribution >= 0.6 is 0 Å². The number of benzene rings is 1. The van der Waals surface area contributed by atoms with Crippen LogP contribution in [0.25, 0.3) is 0 Å². The van der Waals surface area contributed by atoms with E-state index in [4.69, 9.17) is 0 Å². The minimum Gasteiger partial charge on any atom is -0.380 e. The fourth-order valence-corrected chi connectivity index (χ4v) is 2.41. The number of allylic oxidation sites excluding steroid dienone is 3. The molecule has 0 saturated heterocycles. The SMILES string of the molecule is C=C(NCC1=CC(F)=C(C(F)(F)F)CC1)C(=C)Nc1ccc(C)c(F)c1. The summed E-state index contributed by atoms with van der Waals surface area (Å²) in [5.74, 6) is -1.62. The van der Waals surface area contributed by atoms with Gasteiger partial charge in [-0.05, 0) is 49.1 Å². The number of anilines is 1. The minimum absolute atomic E-state index is 0.103. The highest BCUT2D eigenvalue weighted by molar-refractivity contribution is 5.52. The van der Waals surface area contributed by atoms with Crippen LogP contribution in [0.2, 0.25) is 0 Å². The van der Waals surface area contributed by atoms with Gasteiger partial charge in [-0.2, -0.15) is 13.2 Å². The summed E-state index contributed by atoms with van der Waals surface area (Å²) in [6, 6.07) is 4.61. The highest BCUT2D eigenvalue weighted by Gasteiger charge is 2.37. The van der Waals surface area contributed by atoms with E-state index in [1.165, 1.54) is 6.07 Å². The molecule has 0 fully saturated rings.